The molecule has 0 saturated heterocycles. The van der Waals surface area contributed by atoms with Crippen molar-refractivity contribution in [1.82, 2.24) is 15.1 Å². The van der Waals surface area contributed by atoms with Gasteiger partial charge in [0.1, 0.15) is 0 Å². The van der Waals surface area contributed by atoms with E-state index in [1.165, 1.54) is 16.7 Å². The SMILES string of the molecule is CN(C)Cc1ccc(CNC(=NCc2ccccc2)N(C)C)cc1.I. The molecule has 0 aromatic heterocycles. The van der Waals surface area contributed by atoms with Crippen LogP contribution in [0.5, 0.6) is 0 Å². The van der Waals surface area contributed by atoms with Gasteiger partial charge in [0.05, 0.1) is 6.54 Å². The lowest BCUT2D eigenvalue weighted by Crippen LogP contribution is -2.36. The fraction of sp³-hybridized carbons (Fsp3) is 0.350. The van der Waals surface area contributed by atoms with E-state index in [-0.39, 0.29) is 24.0 Å². The zero-order valence-corrected chi connectivity index (χ0v) is 17.9. The Kier molecular flexibility index (Phi) is 9.52. The van der Waals surface area contributed by atoms with Crippen LogP contribution < -0.4 is 5.32 Å². The van der Waals surface area contributed by atoms with Gasteiger partial charge in [0.2, 0.25) is 0 Å². The highest BCUT2D eigenvalue weighted by atomic mass is 127. The Morgan fingerprint density at radius 3 is 2.00 bits per heavy atom. The quantitative estimate of drug-likeness (QED) is 0.413. The molecule has 0 atom stereocenters. The number of rotatable bonds is 6. The Bertz CT molecular complexity index is 637. The summed E-state index contributed by atoms with van der Waals surface area (Å²) in [4.78, 5) is 8.88. The van der Waals surface area contributed by atoms with E-state index >= 15 is 0 Å². The lowest BCUT2D eigenvalue weighted by molar-refractivity contribution is 0.402. The monoisotopic (exact) mass is 452 g/mol. The van der Waals surface area contributed by atoms with Crippen molar-refractivity contribution in [3.8, 4) is 0 Å². The maximum absolute atomic E-state index is 4.69. The van der Waals surface area contributed by atoms with Crippen molar-refractivity contribution in [2.24, 2.45) is 4.99 Å². The van der Waals surface area contributed by atoms with Crippen LogP contribution in [0.3, 0.4) is 0 Å². The van der Waals surface area contributed by atoms with Crippen LogP contribution >= 0.6 is 24.0 Å². The molecule has 0 unspecified atom stereocenters. The lowest BCUT2D eigenvalue weighted by atomic mass is 10.1. The minimum Gasteiger partial charge on any atom is -0.352 e. The molecular formula is C20H29IN4. The molecular weight excluding hydrogens is 423 g/mol. The van der Waals surface area contributed by atoms with Gasteiger partial charge in [-0.05, 0) is 30.8 Å². The standard InChI is InChI=1S/C20H28N4.HI/c1-23(2)16-19-12-10-18(11-13-19)15-22-20(24(3)4)21-14-17-8-6-5-7-9-17;/h5-13H,14-16H2,1-4H3,(H,21,22);1H. The molecule has 0 bridgehead atoms. The van der Waals surface area contributed by atoms with Gasteiger partial charge in [0, 0.05) is 27.2 Å². The average molecular weight is 452 g/mol. The summed E-state index contributed by atoms with van der Waals surface area (Å²) in [5.74, 6) is 0.899. The summed E-state index contributed by atoms with van der Waals surface area (Å²) in [6.45, 7) is 2.42. The molecule has 0 amide bonds. The highest BCUT2D eigenvalue weighted by Gasteiger charge is 2.02. The molecule has 0 aliphatic rings. The maximum Gasteiger partial charge on any atom is 0.194 e. The second-order valence-corrected chi connectivity index (χ2v) is 6.43. The molecule has 2 aromatic carbocycles. The Morgan fingerprint density at radius 1 is 0.840 bits per heavy atom. The Labute approximate surface area is 169 Å². The third kappa shape index (κ3) is 7.88. The predicted molar refractivity (Wildman–Crippen MR) is 117 cm³/mol. The summed E-state index contributed by atoms with van der Waals surface area (Å²) in [5, 5.41) is 3.43. The predicted octanol–water partition coefficient (Wildman–Crippen LogP) is 3.57. The highest BCUT2D eigenvalue weighted by Crippen LogP contribution is 2.06. The molecule has 25 heavy (non-hydrogen) atoms. The van der Waals surface area contributed by atoms with Crippen LogP contribution in [0.25, 0.3) is 0 Å². The van der Waals surface area contributed by atoms with E-state index in [0.29, 0.717) is 6.54 Å². The zero-order chi connectivity index (χ0) is 17.4. The number of nitrogens with one attached hydrogen (secondary N) is 1. The van der Waals surface area contributed by atoms with Crippen LogP contribution in [-0.2, 0) is 19.6 Å². The van der Waals surface area contributed by atoms with Gasteiger partial charge in [-0.1, -0.05) is 54.6 Å². The molecule has 0 spiro atoms. The summed E-state index contributed by atoms with van der Waals surface area (Å²) in [6.07, 6.45) is 0. The van der Waals surface area contributed by atoms with Gasteiger partial charge in [-0.15, -0.1) is 24.0 Å². The van der Waals surface area contributed by atoms with Crippen LogP contribution in [0.1, 0.15) is 16.7 Å². The molecule has 2 rings (SSSR count). The Morgan fingerprint density at radius 2 is 1.44 bits per heavy atom. The topological polar surface area (TPSA) is 30.9 Å². The summed E-state index contributed by atoms with van der Waals surface area (Å²) >= 11 is 0. The third-order valence-electron chi connectivity index (χ3n) is 3.65. The Balaban J connectivity index is 0.00000312. The summed E-state index contributed by atoms with van der Waals surface area (Å²) in [5.41, 5.74) is 3.80. The molecule has 0 aliphatic heterocycles. The van der Waals surface area contributed by atoms with Crippen molar-refractivity contribution in [2.45, 2.75) is 19.6 Å². The van der Waals surface area contributed by atoms with E-state index in [0.717, 1.165) is 19.0 Å². The molecule has 0 aliphatic carbocycles. The molecule has 136 valence electrons. The lowest BCUT2D eigenvalue weighted by Gasteiger charge is -2.18. The van der Waals surface area contributed by atoms with E-state index in [1.54, 1.807) is 0 Å². The van der Waals surface area contributed by atoms with E-state index < -0.39 is 0 Å². The zero-order valence-electron chi connectivity index (χ0n) is 15.6. The van der Waals surface area contributed by atoms with Crippen molar-refractivity contribution in [2.75, 3.05) is 28.2 Å². The first-order chi connectivity index (χ1) is 11.5. The first-order valence-corrected chi connectivity index (χ1v) is 8.26. The van der Waals surface area contributed by atoms with Crippen LogP contribution in [0.2, 0.25) is 0 Å². The Hall–Kier alpha value is -1.60. The van der Waals surface area contributed by atoms with Crippen LogP contribution in [0.15, 0.2) is 59.6 Å². The summed E-state index contributed by atoms with van der Waals surface area (Å²) < 4.78 is 0. The normalized spacial score (nSPS) is 11.2. The number of hydrogen-bond acceptors (Lipinski definition) is 2. The van der Waals surface area contributed by atoms with Crippen LogP contribution in [0, 0.1) is 0 Å². The highest BCUT2D eigenvalue weighted by molar-refractivity contribution is 14.0. The smallest absolute Gasteiger partial charge is 0.194 e. The van der Waals surface area contributed by atoms with Crippen molar-refractivity contribution >= 4 is 29.9 Å². The molecule has 1 N–H and O–H groups in total. The second kappa shape index (κ2) is 11.1. The van der Waals surface area contributed by atoms with E-state index in [2.05, 4.69) is 60.7 Å². The fourth-order valence-electron chi connectivity index (χ4n) is 2.41. The van der Waals surface area contributed by atoms with E-state index in [9.17, 15) is 0 Å². The second-order valence-electron chi connectivity index (χ2n) is 6.43. The molecule has 2 aromatic rings. The third-order valence-corrected chi connectivity index (χ3v) is 3.65. The van der Waals surface area contributed by atoms with Gasteiger partial charge in [-0.2, -0.15) is 0 Å². The largest absolute Gasteiger partial charge is 0.352 e. The summed E-state index contributed by atoms with van der Waals surface area (Å²) in [7, 11) is 8.19. The van der Waals surface area contributed by atoms with Gasteiger partial charge >= 0.3 is 0 Å². The molecule has 0 saturated carbocycles. The molecule has 0 fully saturated rings. The van der Waals surface area contributed by atoms with Crippen LogP contribution in [0.4, 0.5) is 0 Å². The summed E-state index contributed by atoms with van der Waals surface area (Å²) in [6, 6.07) is 19.0. The number of aliphatic imine (C=N–C) groups is 1. The van der Waals surface area contributed by atoms with Crippen molar-refractivity contribution < 1.29 is 0 Å². The van der Waals surface area contributed by atoms with Gasteiger partial charge in [0.15, 0.2) is 5.96 Å². The minimum atomic E-state index is 0. The minimum absolute atomic E-state index is 0. The van der Waals surface area contributed by atoms with Gasteiger partial charge in [-0.3, -0.25) is 0 Å². The van der Waals surface area contributed by atoms with Crippen molar-refractivity contribution in [1.29, 1.82) is 0 Å². The van der Waals surface area contributed by atoms with Crippen molar-refractivity contribution in [3.05, 3.63) is 71.3 Å². The first kappa shape index (κ1) is 21.4. The van der Waals surface area contributed by atoms with E-state index in [4.69, 9.17) is 4.99 Å². The van der Waals surface area contributed by atoms with Gasteiger partial charge in [0.25, 0.3) is 0 Å². The molecule has 5 heteroatoms. The molecule has 0 radical (unpaired) electrons. The fourth-order valence-corrected chi connectivity index (χ4v) is 2.41. The van der Waals surface area contributed by atoms with E-state index in [1.807, 2.05) is 37.2 Å². The van der Waals surface area contributed by atoms with Gasteiger partial charge in [-0.25, -0.2) is 4.99 Å². The maximum atomic E-state index is 4.69. The van der Waals surface area contributed by atoms with Gasteiger partial charge < -0.3 is 15.1 Å². The number of nitrogens with zero attached hydrogens (tertiary/aromatic N) is 3. The molecule has 0 heterocycles. The number of guanidine groups is 1. The average Bonchev–Trinajstić information content (AvgIpc) is 2.56. The number of benzene rings is 2. The number of halogens is 1. The molecule has 4 nitrogen and oxygen atoms in total. The first-order valence-electron chi connectivity index (χ1n) is 8.26. The number of hydrogen-bond donors (Lipinski definition) is 1. The van der Waals surface area contributed by atoms with Crippen molar-refractivity contribution in [3.63, 3.8) is 0 Å². The van der Waals surface area contributed by atoms with Crippen LogP contribution in [-0.4, -0.2) is 44.0 Å².